The zero-order valence-electron chi connectivity index (χ0n) is 9.71. The van der Waals surface area contributed by atoms with Crippen LogP contribution in [0.2, 0.25) is 0 Å². The molecule has 0 saturated heterocycles. The van der Waals surface area contributed by atoms with Crippen molar-refractivity contribution >= 4 is 0 Å². The molecular weight excluding hydrogens is 194 g/mol. The molecule has 0 radical (unpaired) electrons. The first-order valence-corrected chi connectivity index (χ1v) is 6.19. The van der Waals surface area contributed by atoms with Crippen LogP contribution >= 0.6 is 0 Å². The van der Waals surface area contributed by atoms with Crippen LogP contribution in [0.15, 0.2) is 24.3 Å². The van der Waals surface area contributed by atoms with Gasteiger partial charge in [-0.05, 0) is 49.4 Å². The molecule has 0 unspecified atom stereocenters. The third-order valence-corrected chi connectivity index (χ3v) is 3.20. The zero-order valence-corrected chi connectivity index (χ0v) is 9.71. The van der Waals surface area contributed by atoms with Crippen LogP contribution in [0.25, 0.3) is 0 Å². The normalized spacial score (nSPS) is 15.1. The lowest BCUT2D eigenvalue weighted by Gasteiger charge is -2.25. The monoisotopic (exact) mass is 213 g/mol. The van der Waals surface area contributed by atoms with E-state index in [4.69, 9.17) is 5.73 Å². The summed E-state index contributed by atoms with van der Waals surface area (Å²) in [4.78, 5) is 0. The van der Waals surface area contributed by atoms with Crippen LogP contribution in [0.1, 0.15) is 49.1 Å². The van der Waals surface area contributed by atoms with Crippen molar-refractivity contribution in [2.45, 2.75) is 38.0 Å². The molecule has 0 amide bonds. The van der Waals surface area contributed by atoms with Gasteiger partial charge in [0.05, 0.1) is 0 Å². The second-order valence-electron chi connectivity index (χ2n) is 4.45. The van der Waals surface area contributed by atoms with E-state index in [1.165, 1.54) is 24.8 Å². The van der Waals surface area contributed by atoms with E-state index in [-0.39, 0.29) is 0 Å². The molecule has 1 nitrogen and oxygen atoms in total. The van der Waals surface area contributed by atoms with E-state index in [9.17, 15) is 0 Å². The fourth-order valence-electron chi connectivity index (χ4n) is 1.97. The predicted octanol–water partition coefficient (Wildman–Crippen LogP) is 3.04. The first kappa shape index (κ1) is 11.2. The molecule has 0 bridgehead atoms. The summed E-state index contributed by atoms with van der Waals surface area (Å²) in [6.07, 6.45) is 5.99. The Morgan fingerprint density at radius 2 is 2.19 bits per heavy atom. The van der Waals surface area contributed by atoms with E-state index in [1.54, 1.807) is 0 Å². The Bertz CT molecular complexity index is 393. The molecule has 1 aromatic carbocycles. The highest BCUT2D eigenvalue weighted by atomic mass is 14.5. The molecule has 2 rings (SSSR count). The number of benzene rings is 1. The van der Waals surface area contributed by atoms with Crippen molar-refractivity contribution in [3.05, 3.63) is 35.4 Å². The first-order valence-electron chi connectivity index (χ1n) is 6.19. The maximum absolute atomic E-state index is 5.43. The highest BCUT2D eigenvalue weighted by molar-refractivity contribution is 5.38. The van der Waals surface area contributed by atoms with E-state index in [0.29, 0.717) is 0 Å². The second-order valence-corrected chi connectivity index (χ2v) is 4.45. The molecule has 0 spiro atoms. The summed E-state index contributed by atoms with van der Waals surface area (Å²) in [5, 5.41) is 0. The summed E-state index contributed by atoms with van der Waals surface area (Å²) in [6, 6.07) is 8.70. The van der Waals surface area contributed by atoms with Crippen LogP contribution in [0, 0.1) is 11.8 Å². The van der Waals surface area contributed by atoms with Crippen LogP contribution in [0.3, 0.4) is 0 Å². The van der Waals surface area contributed by atoms with E-state index in [2.05, 4.69) is 36.1 Å². The highest BCUT2D eigenvalue weighted by Crippen LogP contribution is 2.36. The smallest absolute Gasteiger partial charge is 0.0248 e. The molecule has 0 atom stereocenters. The third-order valence-electron chi connectivity index (χ3n) is 3.20. The minimum atomic E-state index is 0.733. The Kier molecular flexibility index (Phi) is 4.02. The first-order chi connectivity index (χ1) is 7.90. The summed E-state index contributed by atoms with van der Waals surface area (Å²) in [5.74, 6) is 7.19. The molecule has 1 aliphatic rings. The van der Waals surface area contributed by atoms with Gasteiger partial charge < -0.3 is 5.73 Å². The van der Waals surface area contributed by atoms with Gasteiger partial charge in [0.25, 0.3) is 0 Å². The number of unbranched alkanes of at least 4 members (excludes halogenated alkanes) is 1. The molecule has 1 heteroatoms. The van der Waals surface area contributed by atoms with Crippen LogP contribution in [0.4, 0.5) is 0 Å². The van der Waals surface area contributed by atoms with E-state index in [0.717, 1.165) is 30.9 Å². The molecular formula is C15H19N. The van der Waals surface area contributed by atoms with Crippen LogP contribution in [-0.2, 0) is 0 Å². The van der Waals surface area contributed by atoms with Crippen molar-refractivity contribution in [1.29, 1.82) is 0 Å². The van der Waals surface area contributed by atoms with Crippen LogP contribution in [-0.4, -0.2) is 6.54 Å². The minimum Gasteiger partial charge on any atom is -0.330 e. The Morgan fingerprint density at radius 3 is 2.88 bits per heavy atom. The third kappa shape index (κ3) is 2.87. The number of hydrogen-bond acceptors (Lipinski definition) is 1. The van der Waals surface area contributed by atoms with Gasteiger partial charge in [-0.25, -0.2) is 0 Å². The molecule has 1 fully saturated rings. The van der Waals surface area contributed by atoms with Gasteiger partial charge in [0.15, 0.2) is 0 Å². The summed E-state index contributed by atoms with van der Waals surface area (Å²) in [6.45, 7) is 0.733. The van der Waals surface area contributed by atoms with E-state index in [1.807, 2.05) is 0 Å². The van der Waals surface area contributed by atoms with E-state index >= 15 is 0 Å². The Morgan fingerprint density at radius 1 is 1.31 bits per heavy atom. The second kappa shape index (κ2) is 5.72. The van der Waals surface area contributed by atoms with Crippen molar-refractivity contribution in [2.24, 2.45) is 5.73 Å². The summed E-state index contributed by atoms with van der Waals surface area (Å²) >= 11 is 0. The van der Waals surface area contributed by atoms with Crippen molar-refractivity contribution in [2.75, 3.05) is 6.54 Å². The van der Waals surface area contributed by atoms with Crippen molar-refractivity contribution in [3.8, 4) is 11.8 Å². The standard InChI is InChI=1S/C15H19N/c16-11-3-1-2-6-13-7-4-10-15(12-13)14-8-5-9-14/h4,7,10,12,14H,1,3,5,8-9,11,16H2. The zero-order chi connectivity index (χ0) is 11.2. The summed E-state index contributed by atoms with van der Waals surface area (Å²) < 4.78 is 0. The number of hydrogen-bond donors (Lipinski definition) is 1. The van der Waals surface area contributed by atoms with Gasteiger partial charge in [-0.2, -0.15) is 0 Å². The van der Waals surface area contributed by atoms with Gasteiger partial charge in [0.1, 0.15) is 0 Å². The maximum Gasteiger partial charge on any atom is 0.0248 e. The summed E-state index contributed by atoms with van der Waals surface area (Å²) in [7, 11) is 0. The lowest BCUT2D eigenvalue weighted by molar-refractivity contribution is 0.420. The fraction of sp³-hybridized carbons (Fsp3) is 0.467. The topological polar surface area (TPSA) is 26.0 Å². The molecule has 1 saturated carbocycles. The van der Waals surface area contributed by atoms with Crippen molar-refractivity contribution in [1.82, 2.24) is 0 Å². The van der Waals surface area contributed by atoms with Crippen molar-refractivity contribution < 1.29 is 0 Å². The summed E-state index contributed by atoms with van der Waals surface area (Å²) in [5.41, 5.74) is 8.05. The Labute approximate surface area is 98.0 Å². The van der Waals surface area contributed by atoms with Crippen molar-refractivity contribution in [3.63, 3.8) is 0 Å². The average molecular weight is 213 g/mol. The number of rotatable bonds is 3. The Hall–Kier alpha value is -1.26. The molecule has 1 aliphatic carbocycles. The molecule has 16 heavy (non-hydrogen) atoms. The maximum atomic E-state index is 5.43. The molecule has 84 valence electrons. The molecule has 1 aromatic rings. The largest absolute Gasteiger partial charge is 0.330 e. The van der Waals surface area contributed by atoms with Gasteiger partial charge in [0.2, 0.25) is 0 Å². The Balaban J connectivity index is 2.00. The van der Waals surface area contributed by atoms with Gasteiger partial charge in [-0.3, -0.25) is 0 Å². The quantitative estimate of drug-likeness (QED) is 0.606. The van der Waals surface area contributed by atoms with Gasteiger partial charge in [-0.15, -0.1) is 0 Å². The average Bonchev–Trinajstić information content (AvgIpc) is 2.23. The van der Waals surface area contributed by atoms with Gasteiger partial charge in [0, 0.05) is 12.0 Å². The fourth-order valence-corrected chi connectivity index (χ4v) is 1.97. The predicted molar refractivity (Wildman–Crippen MR) is 68.2 cm³/mol. The molecule has 2 N–H and O–H groups in total. The van der Waals surface area contributed by atoms with Crippen LogP contribution < -0.4 is 5.73 Å². The lowest BCUT2D eigenvalue weighted by atomic mass is 9.80. The lowest BCUT2D eigenvalue weighted by Crippen LogP contribution is -2.08. The molecule has 0 heterocycles. The van der Waals surface area contributed by atoms with E-state index < -0.39 is 0 Å². The van der Waals surface area contributed by atoms with Gasteiger partial charge >= 0.3 is 0 Å². The van der Waals surface area contributed by atoms with Gasteiger partial charge in [-0.1, -0.05) is 30.4 Å². The molecule has 0 aliphatic heterocycles. The molecule has 0 aromatic heterocycles. The highest BCUT2D eigenvalue weighted by Gasteiger charge is 2.18. The minimum absolute atomic E-state index is 0.733. The number of nitrogens with two attached hydrogens (primary N) is 1. The van der Waals surface area contributed by atoms with Crippen LogP contribution in [0.5, 0.6) is 0 Å². The SMILES string of the molecule is NCCCC#Cc1cccc(C2CCC2)c1.